The monoisotopic (exact) mass is 225 g/mol. The number of hydrogen-bond acceptors (Lipinski definition) is 3. The Balaban J connectivity index is 2.35. The molecular formula is C13H23NO2. The van der Waals surface area contributed by atoms with E-state index in [0.717, 1.165) is 6.42 Å². The molecule has 0 spiro atoms. The van der Waals surface area contributed by atoms with Crippen LogP contribution in [-0.4, -0.2) is 17.6 Å². The Morgan fingerprint density at radius 1 is 1.25 bits per heavy atom. The Kier molecular flexibility index (Phi) is 5.67. The minimum atomic E-state index is -0.554. The molecule has 0 aromatic rings. The third-order valence-corrected chi connectivity index (χ3v) is 3.40. The summed E-state index contributed by atoms with van der Waals surface area (Å²) in [5.74, 6) is -0.0830. The fourth-order valence-corrected chi connectivity index (χ4v) is 2.45. The first-order chi connectivity index (χ1) is 7.65. The van der Waals surface area contributed by atoms with E-state index in [9.17, 15) is 9.59 Å². The highest BCUT2D eigenvalue weighted by molar-refractivity contribution is 6.39. The van der Waals surface area contributed by atoms with Crippen molar-refractivity contribution in [3.8, 4) is 0 Å². The summed E-state index contributed by atoms with van der Waals surface area (Å²) in [6.07, 6.45) is 7.90. The highest BCUT2D eigenvalue weighted by Crippen LogP contribution is 2.27. The molecule has 1 atom stereocenters. The van der Waals surface area contributed by atoms with Crippen molar-refractivity contribution in [3.05, 3.63) is 0 Å². The molecule has 0 amide bonds. The Morgan fingerprint density at radius 3 is 2.44 bits per heavy atom. The zero-order valence-electron chi connectivity index (χ0n) is 10.2. The Labute approximate surface area is 97.8 Å². The summed E-state index contributed by atoms with van der Waals surface area (Å²) in [5, 5.41) is 0. The molecule has 3 heteroatoms. The SMILES string of the molecule is CCCC(=O)C(=O)[C@@H](N)CC1CCCCC1. The predicted molar refractivity (Wildman–Crippen MR) is 64.1 cm³/mol. The van der Waals surface area contributed by atoms with E-state index in [1.54, 1.807) is 0 Å². The lowest BCUT2D eigenvalue weighted by Crippen LogP contribution is -2.37. The van der Waals surface area contributed by atoms with Crippen LogP contribution < -0.4 is 5.73 Å². The molecule has 0 heterocycles. The summed E-state index contributed by atoms with van der Waals surface area (Å²) < 4.78 is 0. The van der Waals surface area contributed by atoms with Gasteiger partial charge in [0.15, 0.2) is 5.78 Å². The summed E-state index contributed by atoms with van der Waals surface area (Å²) in [4.78, 5) is 23.0. The lowest BCUT2D eigenvalue weighted by atomic mass is 9.83. The van der Waals surface area contributed by atoms with Crippen LogP contribution in [0.2, 0.25) is 0 Å². The molecule has 1 aliphatic carbocycles. The Hall–Kier alpha value is -0.700. The van der Waals surface area contributed by atoms with Gasteiger partial charge in [-0.2, -0.15) is 0 Å². The van der Waals surface area contributed by atoms with Gasteiger partial charge in [0.2, 0.25) is 5.78 Å². The van der Waals surface area contributed by atoms with Gasteiger partial charge in [-0.25, -0.2) is 0 Å². The predicted octanol–water partition coefficient (Wildman–Crippen LogP) is 2.22. The van der Waals surface area contributed by atoms with Crippen molar-refractivity contribution in [3.63, 3.8) is 0 Å². The minimum Gasteiger partial charge on any atom is -0.321 e. The second-order valence-electron chi connectivity index (χ2n) is 4.88. The molecule has 1 saturated carbocycles. The molecular weight excluding hydrogens is 202 g/mol. The highest BCUT2D eigenvalue weighted by atomic mass is 16.2. The number of nitrogens with two attached hydrogens (primary N) is 1. The van der Waals surface area contributed by atoms with Crippen LogP contribution in [0.3, 0.4) is 0 Å². The third kappa shape index (κ3) is 4.05. The fourth-order valence-electron chi connectivity index (χ4n) is 2.45. The van der Waals surface area contributed by atoms with E-state index >= 15 is 0 Å². The van der Waals surface area contributed by atoms with Crippen LogP contribution in [0.4, 0.5) is 0 Å². The van der Waals surface area contributed by atoms with Gasteiger partial charge in [0.05, 0.1) is 6.04 Å². The number of Topliss-reactive ketones (excluding diaryl/α,β-unsaturated/α-hetero) is 2. The van der Waals surface area contributed by atoms with E-state index in [0.29, 0.717) is 18.8 Å². The second kappa shape index (κ2) is 6.79. The number of carbonyl (C=O) groups is 2. The van der Waals surface area contributed by atoms with E-state index in [4.69, 9.17) is 5.73 Å². The van der Waals surface area contributed by atoms with Crippen LogP contribution in [0.25, 0.3) is 0 Å². The van der Waals surface area contributed by atoms with Crippen molar-refractivity contribution in [2.24, 2.45) is 11.7 Å². The van der Waals surface area contributed by atoms with Crippen molar-refractivity contribution in [1.82, 2.24) is 0 Å². The standard InChI is InChI=1S/C13H23NO2/c1-2-6-12(15)13(16)11(14)9-10-7-4-3-5-8-10/h10-11H,2-9,14H2,1H3/t11-/m0/s1. The molecule has 0 aromatic carbocycles. The molecule has 2 N–H and O–H groups in total. The molecule has 0 bridgehead atoms. The van der Waals surface area contributed by atoms with Crippen LogP contribution in [0.5, 0.6) is 0 Å². The average Bonchev–Trinajstić information content (AvgIpc) is 2.29. The van der Waals surface area contributed by atoms with E-state index in [1.165, 1.54) is 32.1 Å². The van der Waals surface area contributed by atoms with Gasteiger partial charge in [0.25, 0.3) is 0 Å². The number of rotatable bonds is 6. The maximum Gasteiger partial charge on any atom is 0.214 e. The maximum absolute atomic E-state index is 11.6. The van der Waals surface area contributed by atoms with Crippen molar-refractivity contribution >= 4 is 11.6 Å². The van der Waals surface area contributed by atoms with E-state index in [2.05, 4.69) is 0 Å². The highest BCUT2D eigenvalue weighted by Gasteiger charge is 2.24. The molecule has 92 valence electrons. The molecule has 1 rings (SSSR count). The largest absolute Gasteiger partial charge is 0.321 e. The molecule has 16 heavy (non-hydrogen) atoms. The molecule has 3 nitrogen and oxygen atoms in total. The normalized spacial score (nSPS) is 19.4. The molecule has 0 saturated heterocycles. The third-order valence-electron chi connectivity index (χ3n) is 3.40. The lowest BCUT2D eigenvalue weighted by Gasteiger charge is -2.23. The van der Waals surface area contributed by atoms with Crippen LogP contribution in [-0.2, 0) is 9.59 Å². The summed E-state index contributed by atoms with van der Waals surface area (Å²) in [6, 6.07) is -0.554. The summed E-state index contributed by atoms with van der Waals surface area (Å²) in [5.41, 5.74) is 5.81. The Morgan fingerprint density at radius 2 is 1.88 bits per heavy atom. The van der Waals surface area contributed by atoms with Gasteiger partial charge in [-0.15, -0.1) is 0 Å². The van der Waals surface area contributed by atoms with Crippen LogP contribution in [0.15, 0.2) is 0 Å². The van der Waals surface area contributed by atoms with Gasteiger partial charge in [0, 0.05) is 6.42 Å². The molecule has 1 fully saturated rings. The molecule has 0 radical (unpaired) electrons. The maximum atomic E-state index is 11.6. The first-order valence-corrected chi connectivity index (χ1v) is 6.47. The van der Waals surface area contributed by atoms with Crippen LogP contribution in [0, 0.1) is 5.92 Å². The fraction of sp³-hybridized carbons (Fsp3) is 0.846. The number of ketones is 2. The van der Waals surface area contributed by atoms with Gasteiger partial charge >= 0.3 is 0 Å². The molecule has 0 aliphatic heterocycles. The molecule has 0 aromatic heterocycles. The van der Waals surface area contributed by atoms with E-state index < -0.39 is 6.04 Å². The second-order valence-corrected chi connectivity index (χ2v) is 4.88. The zero-order valence-corrected chi connectivity index (χ0v) is 10.2. The first kappa shape index (κ1) is 13.4. The molecule has 1 aliphatic rings. The first-order valence-electron chi connectivity index (χ1n) is 6.47. The average molecular weight is 225 g/mol. The summed E-state index contributed by atoms with van der Waals surface area (Å²) in [7, 11) is 0. The topological polar surface area (TPSA) is 60.2 Å². The smallest absolute Gasteiger partial charge is 0.214 e. The van der Waals surface area contributed by atoms with Gasteiger partial charge < -0.3 is 5.73 Å². The number of hydrogen-bond donors (Lipinski definition) is 1. The van der Waals surface area contributed by atoms with Crippen LogP contribution >= 0.6 is 0 Å². The van der Waals surface area contributed by atoms with Gasteiger partial charge in [-0.3, -0.25) is 9.59 Å². The minimum absolute atomic E-state index is 0.286. The Bertz CT molecular complexity index is 244. The van der Waals surface area contributed by atoms with E-state index in [-0.39, 0.29) is 11.6 Å². The van der Waals surface area contributed by atoms with E-state index in [1.807, 2.05) is 6.92 Å². The van der Waals surface area contributed by atoms with Crippen molar-refractivity contribution < 1.29 is 9.59 Å². The van der Waals surface area contributed by atoms with Crippen molar-refractivity contribution in [2.75, 3.05) is 0 Å². The van der Waals surface area contributed by atoms with Crippen LogP contribution in [0.1, 0.15) is 58.3 Å². The quantitative estimate of drug-likeness (QED) is 0.705. The van der Waals surface area contributed by atoms with Crippen molar-refractivity contribution in [2.45, 2.75) is 64.3 Å². The summed E-state index contributed by atoms with van der Waals surface area (Å²) in [6.45, 7) is 1.90. The number of carbonyl (C=O) groups excluding carboxylic acids is 2. The van der Waals surface area contributed by atoms with Gasteiger partial charge in [0.1, 0.15) is 0 Å². The van der Waals surface area contributed by atoms with Gasteiger partial charge in [-0.05, 0) is 18.8 Å². The summed E-state index contributed by atoms with van der Waals surface area (Å²) >= 11 is 0. The van der Waals surface area contributed by atoms with Gasteiger partial charge in [-0.1, -0.05) is 39.0 Å². The zero-order chi connectivity index (χ0) is 12.0. The van der Waals surface area contributed by atoms with Crippen molar-refractivity contribution in [1.29, 1.82) is 0 Å². The molecule has 0 unspecified atom stereocenters. The lowest BCUT2D eigenvalue weighted by molar-refractivity contribution is -0.137.